The van der Waals surface area contributed by atoms with Crippen molar-refractivity contribution in [2.75, 3.05) is 11.9 Å². The maximum absolute atomic E-state index is 12.3. The first-order valence-corrected chi connectivity index (χ1v) is 11.7. The molecule has 0 bridgehead atoms. The van der Waals surface area contributed by atoms with Crippen LogP contribution in [0, 0.1) is 13.8 Å². The topological polar surface area (TPSA) is 79.8 Å². The third kappa shape index (κ3) is 6.27. The van der Waals surface area contributed by atoms with Crippen LogP contribution in [0.15, 0.2) is 76.6 Å². The van der Waals surface area contributed by atoms with E-state index in [1.807, 2.05) is 56.3 Å². The predicted molar refractivity (Wildman–Crippen MR) is 139 cm³/mol. The quantitative estimate of drug-likeness (QED) is 0.423. The smallest absolute Gasteiger partial charge is 0.264 e. The van der Waals surface area contributed by atoms with Gasteiger partial charge < -0.3 is 15.4 Å². The van der Waals surface area contributed by atoms with E-state index in [1.54, 1.807) is 30.3 Å². The number of amidine groups is 1. The SMILES string of the molecule is Cc1ccc(N=C2NC(=O)C(=Cc3ccc(OCC(=O)Nc4ccc(C)c(Cl)c4)cc3)S2)cc1. The number of aryl methyl sites for hydroxylation is 2. The van der Waals surface area contributed by atoms with Crippen LogP contribution in [0.3, 0.4) is 0 Å². The van der Waals surface area contributed by atoms with Gasteiger partial charge in [0.2, 0.25) is 0 Å². The van der Waals surface area contributed by atoms with Crippen molar-refractivity contribution < 1.29 is 14.3 Å². The molecule has 1 aliphatic heterocycles. The highest BCUT2D eigenvalue weighted by Gasteiger charge is 2.23. The minimum absolute atomic E-state index is 0.136. The molecule has 172 valence electrons. The van der Waals surface area contributed by atoms with Crippen LogP contribution in [0.4, 0.5) is 11.4 Å². The van der Waals surface area contributed by atoms with Gasteiger partial charge in [0, 0.05) is 10.7 Å². The summed E-state index contributed by atoms with van der Waals surface area (Å²) in [5, 5.41) is 6.67. The Labute approximate surface area is 207 Å². The Morgan fingerprint density at radius 2 is 1.82 bits per heavy atom. The van der Waals surface area contributed by atoms with Crippen molar-refractivity contribution in [3.05, 3.63) is 93.3 Å². The van der Waals surface area contributed by atoms with Crippen LogP contribution < -0.4 is 15.4 Å². The number of hydrogen-bond acceptors (Lipinski definition) is 5. The second-order valence-electron chi connectivity index (χ2n) is 7.69. The van der Waals surface area contributed by atoms with Crippen molar-refractivity contribution in [1.29, 1.82) is 0 Å². The number of nitrogens with zero attached hydrogens (tertiary/aromatic N) is 1. The summed E-state index contributed by atoms with van der Waals surface area (Å²) in [4.78, 5) is 29.5. The van der Waals surface area contributed by atoms with E-state index >= 15 is 0 Å². The summed E-state index contributed by atoms with van der Waals surface area (Å²) < 4.78 is 5.56. The van der Waals surface area contributed by atoms with E-state index in [0.29, 0.717) is 26.5 Å². The number of amides is 2. The van der Waals surface area contributed by atoms with Gasteiger partial charge in [0.1, 0.15) is 5.75 Å². The molecule has 8 heteroatoms. The van der Waals surface area contributed by atoms with E-state index in [4.69, 9.17) is 16.3 Å². The van der Waals surface area contributed by atoms with Crippen molar-refractivity contribution in [3.8, 4) is 5.75 Å². The van der Waals surface area contributed by atoms with Crippen molar-refractivity contribution in [1.82, 2.24) is 5.32 Å². The molecule has 6 nitrogen and oxygen atoms in total. The van der Waals surface area contributed by atoms with Gasteiger partial charge >= 0.3 is 0 Å². The Balaban J connectivity index is 1.33. The molecule has 34 heavy (non-hydrogen) atoms. The molecule has 0 saturated carbocycles. The minimum atomic E-state index is -0.287. The first-order chi connectivity index (χ1) is 16.4. The standard InChI is InChI=1S/C26H22ClN3O3S/c1-16-3-8-19(9-4-16)29-26-30-25(32)23(34-26)13-18-6-11-21(12-7-18)33-15-24(31)28-20-10-5-17(2)22(27)14-20/h3-14H,15H2,1-2H3,(H,28,31)(H,29,30,32). The third-order valence-electron chi connectivity index (χ3n) is 4.92. The highest BCUT2D eigenvalue weighted by Crippen LogP contribution is 2.28. The average molecular weight is 492 g/mol. The highest BCUT2D eigenvalue weighted by molar-refractivity contribution is 8.18. The van der Waals surface area contributed by atoms with Crippen LogP contribution in [-0.4, -0.2) is 23.6 Å². The number of aliphatic imine (C=N–C) groups is 1. The van der Waals surface area contributed by atoms with Gasteiger partial charge in [-0.1, -0.05) is 47.5 Å². The fourth-order valence-corrected chi connectivity index (χ4v) is 4.07. The zero-order valence-electron chi connectivity index (χ0n) is 18.6. The van der Waals surface area contributed by atoms with Crippen LogP contribution in [0.25, 0.3) is 6.08 Å². The fraction of sp³-hybridized carbons (Fsp3) is 0.115. The van der Waals surface area contributed by atoms with Crippen LogP contribution >= 0.6 is 23.4 Å². The first-order valence-electron chi connectivity index (χ1n) is 10.5. The monoisotopic (exact) mass is 491 g/mol. The first kappa shape index (κ1) is 23.6. The summed E-state index contributed by atoms with van der Waals surface area (Å²) in [7, 11) is 0. The molecule has 1 aliphatic rings. The van der Waals surface area contributed by atoms with E-state index in [9.17, 15) is 9.59 Å². The molecule has 1 fully saturated rings. The molecular weight excluding hydrogens is 470 g/mol. The molecule has 1 saturated heterocycles. The maximum Gasteiger partial charge on any atom is 0.264 e. The number of carbonyl (C=O) groups excluding carboxylic acids is 2. The number of thioether (sulfide) groups is 1. The number of ether oxygens (including phenoxy) is 1. The number of rotatable bonds is 6. The van der Waals surface area contributed by atoms with Gasteiger partial charge in [-0.25, -0.2) is 4.99 Å². The summed E-state index contributed by atoms with van der Waals surface area (Å²) in [6, 6.07) is 20.2. The molecule has 0 aliphatic carbocycles. The normalized spacial score (nSPS) is 15.4. The molecule has 0 spiro atoms. The lowest BCUT2D eigenvalue weighted by Crippen LogP contribution is -2.20. The summed E-state index contributed by atoms with van der Waals surface area (Å²) in [5.41, 5.74) is 4.32. The molecule has 4 rings (SSSR count). The largest absolute Gasteiger partial charge is 0.484 e. The average Bonchev–Trinajstić information content (AvgIpc) is 3.16. The van der Waals surface area contributed by atoms with E-state index in [0.717, 1.165) is 22.4 Å². The number of carbonyl (C=O) groups is 2. The van der Waals surface area contributed by atoms with Crippen LogP contribution in [-0.2, 0) is 9.59 Å². The lowest BCUT2D eigenvalue weighted by Gasteiger charge is -2.09. The number of nitrogens with one attached hydrogen (secondary N) is 2. The molecule has 3 aromatic carbocycles. The Hall–Kier alpha value is -3.55. The maximum atomic E-state index is 12.3. The molecule has 0 aromatic heterocycles. The highest BCUT2D eigenvalue weighted by atomic mass is 35.5. The third-order valence-corrected chi connectivity index (χ3v) is 6.24. The lowest BCUT2D eigenvalue weighted by molar-refractivity contribution is -0.118. The van der Waals surface area contributed by atoms with Gasteiger partial charge in [0.05, 0.1) is 10.6 Å². The van der Waals surface area contributed by atoms with E-state index in [2.05, 4.69) is 15.6 Å². The van der Waals surface area contributed by atoms with Gasteiger partial charge in [-0.15, -0.1) is 0 Å². The van der Waals surface area contributed by atoms with Crippen molar-refractivity contribution in [2.45, 2.75) is 13.8 Å². The van der Waals surface area contributed by atoms with Crippen LogP contribution in [0.1, 0.15) is 16.7 Å². The molecule has 2 N–H and O–H groups in total. The van der Waals surface area contributed by atoms with Gasteiger partial charge in [-0.05, 0) is 79.2 Å². The van der Waals surface area contributed by atoms with Crippen molar-refractivity contribution in [3.63, 3.8) is 0 Å². The van der Waals surface area contributed by atoms with E-state index in [1.165, 1.54) is 11.8 Å². The second-order valence-corrected chi connectivity index (χ2v) is 9.12. The number of hydrogen-bond donors (Lipinski definition) is 2. The molecule has 0 radical (unpaired) electrons. The van der Waals surface area contributed by atoms with E-state index < -0.39 is 0 Å². The van der Waals surface area contributed by atoms with Crippen molar-refractivity contribution in [2.24, 2.45) is 4.99 Å². The number of benzene rings is 3. The molecule has 0 atom stereocenters. The van der Waals surface area contributed by atoms with Gasteiger partial charge in [0.25, 0.3) is 11.8 Å². The summed E-state index contributed by atoms with van der Waals surface area (Å²) in [6.07, 6.45) is 1.79. The molecule has 0 unspecified atom stereocenters. The number of anilines is 1. The van der Waals surface area contributed by atoms with E-state index in [-0.39, 0.29) is 18.4 Å². The van der Waals surface area contributed by atoms with Crippen molar-refractivity contribution >= 4 is 57.8 Å². The Kier molecular flexibility index (Phi) is 7.35. The minimum Gasteiger partial charge on any atom is -0.484 e. The van der Waals surface area contributed by atoms with Crippen LogP contribution in [0.5, 0.6) is 5.75 Å². The Morgan fingerprint density at radius 3 is 2.53 bits per heavy atom. The summed E-state index contributed by atoms with van der Waals surface area (Å²) in [5.74, 6) is 0.0685. The molecular formula is C26H22ClN3O3S. The molecule has 1 heterocycles. The zero-order valence-corrected chi connectivity index (χ0v) is 20.2. The lowest BCUT2D eigenvalue weighted by atomic mass is 10.2. The molecule has 3 aromatic rings. The number of halogens is 1. The van der Waals surface area contributed by atoms with Gasteiger partial charge in [0.15, 0.2) is 11.8 Å². The summed E-state index contributed by atoms with van der Waals surface area (Å²) in [6.45, 7) is 3.77. The van der Waals surface area contributed by atoms with Crippen LogP contribution in [0.2, 0.25) is 5.02 Å². The fourth-order valence-electron chi connectivity index (χ4n) is 3.05. The summed E-state index contributed by atoms with van der Waals surface area (Å²) >= 11 is 7.37. The zero-order chi connectivity index (χ0) is 24.1. The predicted octanol–water partition coefficient (Wildman–Crippen LogP) is 5.87. The van der Waals surface area contributed by atoms with Gasteiger partial charge in [-0.3, -0.25) is 9.59 Å². The Bertz CT molecular complexity index is 1290. The van der Waals surface area contributed by atoms with Gasteiger partial charge in [-0.2, -0.15) is 0 Å². The second kappa shape index (κ2) is 10.6. The molecule has 2 amide bonds. The Morgan fingerprint density at radius 1 is 1.09 bits per heavy atom.